The van der Waals surface area contributed by atoms with Crippen molar-refractivity contribution in [2.24, 2.45) is 0 Å². The summed E-state index contributed by atoms with van der Waals surface area (Å²) in [6.45, 7) is 1.86. The van der Waals surface area contributed by atoms with Crippen LogP contribution >= 0.6 is 22.9 Å². The molecule has 2 N–H and O–H groups in total. The fraction of sp³-hybridized carbons (Fsp3) is 0.0952. The maximum atomic E-state index is 12.5. The molecule has 152 valence electrons. The summed E-state index contributed by atoms with van der Waals surface area (Å²) in [5.74, 6) is 0.889. The molecule has 2 amide bonds. The number of furan rings is 2. The lowest BCUT2D eigenvalue weighted by molar-refractivity contribution is -0.115. The molecule has 0 spiro atoms. The summed E-state index contributed by atoms with van der Waals surface area (Å²) in [6.07, 6.45) is 1.48. The van der Waals surface area contributed by atoms with E-state index in [4.69, 9.17) is 20.4 Å². The zero-order valence-electron chi connectivity index (χ0n) is 15.8. The first-order valence-corrected chi connectivity index (χ1v) is 10.2. The molecule has 0 aliphatic heterocycles. The molecule has 0 aliphatic carbocycles. The first-order chi connectivity index (χ1) is 14.5. The van der Waals surface area contributed by atoms with Crippen LogP contribution in [0.1, 0.15) is 22.0 Å². The van der Waals surface area contributed by atoms with Crippen molar-refractivity contribution in [2.75, 3.05) is 10.6 Å². The van der Waals surface area contributed by atoms with Gasteiger partial charge in [-0.3, -0.25) is 9.59 Å². The smallest absolute Gasteiger partial charge is 0.291 e. The zero-order valence-corrected chi connectivity index (χ0v) is 17.3. The van der Waals surface area contributed by atoms with Crippen molar-refractivity contribution in [2.45, 2.75) is 13.3 Å². The number of hydrogen-bond acceptors (Lipinski definition) is 6. The van der Waals surface area contributed by atoms with Crippen LogP contribution in [-0.2, 0) is 11.2 Å². The predicted octanol–water partition coefficient (Wildman–Crippen LogP) is 5.39. The summed E-state index contributed by atoms with van der Waals surface area (Å²) >= 11 is 7.46. The number of thiazole rings is 1. The second-order valence-electron chi connectivity index (χ2n) is 6.40. The molecule has 3 aromatic heterocycles. The minimum absolute atomic E-state index is 0.0738. The van der Waals surface area contributed by atoms with Gasteiger partial charge in [0, 0.05) is 10.4 Å². The van der Waals surface area contributed by atoms with Crippen molar-refractivity contribution in [3.63, 3.8) is 0 Å². The largest absolute Gasteiger partial charge is 0.459 e. The molecule has 30 heavy (non-hydrogen) atoms. The molecule has 9 heteroatoms. The normalized spacial score (nSPS) is 10.7. The zero-order chi connectivity index (χ0) is 21.1. The Morgan fingerprint density at radius 1 is 1.13 bits per heavy atom. The number of nitrogens with zero attached hydrogens (tertiary/aromatic N) is 1. The van der Waals surface area contributed by atoms with E-state index in [1.807, 2.05) is 24.4 Å². The van der Waals surface area contributed by atoms with Gasteiger partial charge in [-0.25, -0.2) is 4.98 Å². The number of aryl methyl sites for hydroxylation is 1. The van der Waals surface area contributed by atoms with E-state index in [0.29, 0.717) is 32.9 Å². The fourth-order valence-electron chi connectivity index (χ4n) is 2.73. The van der Waals surface area contributed by atoms with Gasteiger partial charge in [-0.2, -0.15) is 0 Å². The summed E-state index contributed by atoms with van der Waals surface area (Å²) in [7, 11) is 0. The lowest BCUT2D eigenvalue weighted by Crippen LogP contribution is -2.18. The Bertz CT molecular complexity index is 1200. The molecule has 0 bridgehead atoms. The van der Waals surface area contributed by atoms with Crippen LogP contribution < -0.4 is 10.6 Å². The Balaban J connectivity index is 1.45. The van der Waals surface area contributed by atoms with E-state index < -0.39 is 5.91 Å². The fourth-order valence-corrected chi connectivity index (χ4v) is 3.68. The number of halogens is 1. The van der Waals surface area contributed by atoms with Crippen LogP contribution in [-0.4, -0.2) is 16.8 Å². The molecule has 0 atom stereocenters. The van der Waals surface area contributed by atoms with E-state index in [0.717, 1.165) is 5.76 Å². The van der Waals surface area contributed by atoms with Crippen LogP contribution in [0.2, 0.25) is 5.02 Å². The minimum Gasteiger partial charge on any atom is -0.459 e. The van der Waals surface area contributed by atoms with Gasteiger partial charge in [-0.05, 0) is 49.4 Å². The van der Waals surface area contributed by atoms with Crippen molar-refractivity contribution >= 4 is 46.1 Å². The number of hydrogen-bond donors (Lipinski definition) is 2. The van der Waals surface area contributed by atoms with Crippen LogP contribution in [0.15, 0.2) is 62.9 Å². The highest BCUT2D eigenvalue weighted by atomic mass is 35.5. The van der Waals surface area contributed by atoms with Gasteiger partial charge in [0.15, 0.2) is 16.5 Å². The number of rotatable bonds is 6. The number of nitrogens with one attached hydrogen (secondary N) is 2. The molecule has 4 rings (SSSR count). The first kappa shape index (κ1) is 19.9. The van der Waals surface area contributed by atoms with Crippen molar-refractivity contribution in [3.05, 3.63) is 76.3 Å². The summed E-state index contributed by atoms with van der Waals surface area (Å²) in [5.41, 5.74) is 1.40. The first-order valence-electron chi connectivity index (χ1n) is 8.93. The van der Waals surface area contributed by atoms with Gasteiger partial charge >= 0.3 is 0 Å². The molecular formula is C21H16ClN3O4S. The molecule has 1 aromatic carbocycles. The Morgan fingerprint density at radius 2 is 2.00 bits per heavy atom. The molecule has 3 heterocycles. The SMILES string of the molecule is Cc1ccc(-c2nc(CC(=O)Nc3ccc(Cl)cc3NC(=O)c3ccco3)cs2)o1. The molecule has 0 unspecified atom stereocenters. The Morgan fingerprint density at radius 3 is 2.73 bits per heavy atom. The van der Waals surface area contributed by atoms with E-state index in [9.17, 15) is 9.59 Å². The van der Waals surface area contributed by atoms with Gasteiger partial charge in [-0.15, -0.1) is 11.3 Å². The van der Waals surface area contributed by atoms with Crippen LogP contribution in [0.25, 0.3) is 10.8 Å². The number of aromatic nitrogens is 1. The molecule has 0 saturated heterocycles. The highest BCUT2D eigenvalue weighted by Crippen LogP contribution is 2.28. The highest BCUT2D eigenvalue weighted by Gasteiger charge is 2.15. The molecular weight excluding hydrogens is 426 g/mol. The van der Waals surface area contributed by atoms with Crippen LogP contribution in [0.3, 0.4) is 0 Å². The Kier molecular flexibility index (Phi) is 5.69. The predicted molar refractivity (Wildman–Crippen MR) is 115 cm³/mol. The number of amides is 2. The second-order valence-corrected chi connectivity index (χ2v) is 7.70. The number of anilines is 2. The maximum absolute atomic E-state index is 12.5. The summed E-state index contributed by atoms with van der Waals surface area (Å²) in [6, 6.07) is 11.7. The van der Waals surface area contributed by atoms with Gasteiger partial charge in [-0.1, -0.05) is 11.6 Å². The van der Waals surface area contributed by atoms with Crippen LogP contribution in [0, 0.1) is 6.92 Å². The van der Waals surface area contributed by atoms with Crippen LogP contribution in [0.4, 0.5) is 11.4 Å². The number of carbonyl (C=O) groups is 2. The monoisotopic (exact) mass is 441 g/mol. The average Bonchev–Trinajstić information content (AvgIpc) is 3.45. The number of carbonyl (C=O) groups excluding carboxylic acids is 2. The van der Waals surface area contributed by atoms with E-state index in [2.05, 4.69) is 15.6 Å². The highest BCUT2D eigenvalue weighted by molar-refractivity contribution is 7.13. The topological polar surface area (TPSA) is 97.4 Å². The lowest BCUT2D eigenvalue weighted by Gasteiger charge is -2.12. The number of benzene rings is 1. The Hall–Kier alpha value is -3.36. The third kappa shape index (κ3) is 4.61. The average molecular weight is 442 g/mol. The molecule has 4 aromatic rings. The van der Waals surface area contributed by atoms with E-state index in [1.54, 1.807) is 30.3 Å². The molecule has 7 nitrogen and oxygen atoms in total. The summed E-state index contributed by atoms with van der Waals surface area (Å²) in [5, 5.41) is 8.42. The van der Waals surface area contributed by atoms with Gasteiger partial charge in [0.05, 0.1) is 29.8 Å². The maximum Gasteiger partial charge on any atom is 0.291 e. The van der Waals surface area contributed by atoms with Gasteiger partial charge in [0.2, 0.25) is 5.91 Å². The Labute approximate surface area is 180 Å². The van der Waals surface area contributed by atoms with E-state index in [-0.39, 0.29) is 18.1 Å². The van der Waals surface area contributed by atoms with Gasteiger partial charge in [0.1, 0.15) is 5.76 Å². The molecule has 0 saturated carbocycles. The lowest BCUT2D eigenvalue weighted by atomic mass is 10.2. The molecule has 0 aliphatic rings. The van der Waals surface area contributed by atoms with E-state index in [1.165, 1.54) is 17.6 Å². The van der Waals surface area contributed by atoms with Crippen LogP contribution in [0.5, 0.6) is 0 Å². The third-order valence-electron chi connectivity index (χ3n) is 4.09. The molecule has 0 fully saturated rings. The van der Waals surface area contributed by atoms with Gasteiger partial charge < -0.3 is 19.5 Å². The van der Waals surface area contributed by atoms with Crippen molar-refractivity contribution in [3.8, 4) is 10.8 Å². The standard InChI is InChI=1S/C21H16ClN3O4S/c1-12-4-7-18(29-12)21-23-14(11-30-21)10-19(26)24-15-6-5-13(22)9-16(15)25-20(27)17-3-2-8-28-17/h2-9,11H,10H2,1H3,(H,24,26)(H,25,27). The minimum atomic E-state index is -0.448. The quantitative estimate of drug-likeness (QED) is 0.418. The third-order valence-corrected chi connectivity index (χ3v) is 5.23. The van der Waals surface area contributed by atoms with Gasteiger partial charge in [0.25, 0.3) is 5.91 Å². The van der Waals surface area contributed by atoms with Crippen molar-refractivity contribution < 1.29 is 18.4 Å². The summed E-state index contributed by atoms with van der Waals surface area (Å²) in [4.78, 5) is 29.3. The van der Waals surface area contributed by atoms with Crippen molar-refractivity contribution in [1.29, 1.82) is 0 Å². The second kappa shape index (κ2) is 8.56. The van der Waals surface area contributed by atoms with Crippen molar-refractivity contribution in [1.82, 2.24) is 4.98 Å². The molecule has 0 radical (unpaired) electrons. The summed E-state index contributed by atoms with van der Waals surface area (Å²) < 4.78 is 10.7. The van der Waals surface area contributed by atoms with E-state index >= 15 is 0 Å².